The molecule has 0 aromatic carbocycles. The summed E-state index contributed by atoms with van der Waals surface area (Å²) in [5, 5.41) is 0. The molecule has 0 saturated heterocycles. The number of hydrogen-bond donors (Lipinski definition) is 0. The molecule has 0 amide bonds. The number of rotatable bonds is 1. The van der Waals surface area contributed by atoms with E-state index in [-0.39, 0.29) is 17.5 Å². The van der Waals surface area contributed by atoms with E-state index in [2.05, 4.69) is 25.2 Å². The summed E-state index contributed by atoms with van der Waals surface area (Å²) in [6, 6.07) is 0. The molecule has 4 aliphatic rings. The van der Waals surface area contributed by atoms with Crippen LogP contribution < -0.4 is 0 Å². The zero-order valence-electron chi connectivity index (χ0n) is 13.7. The first-order chi connectivity index (χ1) is 10.6. The summed E-state index contributed by atoms with van der Waals surface area (Å²) in [7, 11) is 0. The zero-order chi connectivity index (χ0) is 15.3. The van der Waals surface area contributed by atoms with Crippen LogP contribution in [0, 0.1) is 17.3 Å². The molecular formula is C20H26O2. The number of hydrogen-bond acceptors (Lipinski definition) is 2. The second kappa shape index (κ2) is 5.11. The van der Waals surface area contributed by atoms with Gasteiger partial charge in [-0.15, -0.1) is 0 Å². The molecule has 2 nitrogen and oxygen atoms in total. The van der Waals surface area contributed by atoms with Crippen LogP contribution >= 0.6 is 0 Å². The predicted octanol–water partition coefficient (Wildman–Crippen LogP) is 4.72. The van der Waals surface area contributed by atoms with Gasteiger partial charge in [0.15, 0.2) is 0 Å². The van der Waals surface area contributed by atoms with E-state index in [0.29, 0.717) is 11.8 Å². The second-order valence-electron chi connectivity index (χ2n) is 7.68. The van der Waals surface area contributed by atoms with Crippen molar-refractivity contribution in [3.63, 3.8) is 0 Å². The van der Waals surface area contributed by atoms with Crippen LogP contribution in [0.5, 0.6) is 0 Å². The maximum atomic E-state index is 11.4. The predicted molar refractivity (Wildman–Crippen MR) is 87.2 cm³/mol. The Labute approximate surface area is 133 Å². The Balaban J connectivity index is 1.72. The molecule has 0 heterocycles. The second-order valence-corrected chi connectivity index (χ2v) is 7.68. The van der Waals surface area contributed by atoms with E-state index in [4.69, 9.17) is 4.74 Å². The average molecular weight is 298 g/mol. The Hall–Kier alpha value is -1.31. The van der Waals surface area contributed by atoms with Crippen LogP contribution in [0.25, 0.3) is 0 Å². The molecule has 4 rings (SSSR count). The summed E-state index contributed by atoms with van der Waals surface area (Å²) in [4.78, 5) is 11.4. The quantitative estimate of drug-likeness (QED) is 0.655. The lowest BCUT2D eigenvalue weighted by atomic mass is 9.60. The molecule has 0 radical (unpaired) electrons. The van der Waals surface area contributed by atoms with Crippen molar-refractivity contribution in [1.29, 1.82) is 0 Å². The van der Waals surface area contributed by atoms with E-state index in [1.807, 2.05) is 0 Å². The third-order valence-electron chi connectivity index (χ3n) is 6.53. The van der Waals surface area contributed by atoms with Gasteiger partial charge >= 0.3 is 5.97 Å². The Bertz CT molecular complexity index is 595. The van der Waals surface area contributed by atoms with Crippen molar-refractivity contribution in [1.82, 2.24) is 0 Å². The van der Waals surface area contributed by atoms with E-state index in [9.17, 15) is 4.79 Å². The number of esters is 1. The van der Waals surface area contributed by atoms with E-state index in [0.717, 1.165) is 6.42 Å². The Morgan fingerprint density at radius 3 is 2.95 bits per heavy atom. The van der Waals surface area contributed by atoms with Crippen molar-refractivity contribution in [2.75, 3.05) is 0 Å². The van der Waals surface area contributed by atoms with Gasteiger partial charge in [-0.25, -0.2) is 0 Å². The van der Waals surface area contributed by atoms with Crippen LogP contribution in [0.3, 0.4) is 0 Å². The number of allylic oxidation sites excluding steroid dienone is 5. The van der Waals surface area contributed by atoms with Gasteiger partial charge in [0, 0.05) is 12.3 Å². The maximum absolute atomic E-state index is 11.4. The highest BCUT2D eigenvalue weighted by molar-refractivity contribution is 5.66. The van der Waals surface area contributed by atoms with Crippen LogP contribution in [-0.4, -0.2) is 12.1 Å². The average Bonchev–Trinajstić information content (AvgIpc) is 2.83. The van der Waals surface area contributed by atoms with Crippen LogP contribution in [0.4, 0.5) is 0 Å². The highest BCUT2D eigenvalue weighted by Crippen LogP contribution is 2.57. The molecule has 0 spiro atoms. The van der Waals surface area contributed by atoms with E-state index in [1.54, 1.807) is 16.7 Å². The van der Waals surface area contributed by atoms with Gasteiger partial charge in [0.1, 0.15) is 6.10 Å². The molecule has 1 saturated carbocycles. The molecule has 22 heavy (non-hydrogen) atoms. The third kappa shape index (κ3) is 2.03. The minimum absolute atomic E-state index is 0.0380. The van der Waals surface area contributed by atoms with Gasteiger partial charge in [-0.05, 0) is 73.5 Å². The zero-order valence-corrected chi connectivity index (χ0v) is 13.7. The molecule has 0 aromatic rings. The summed E-state index contributed by atoms with van der Waals surface area (Å²) in [5.74, 6) is 1.19. The molecule has 0 aliphatic heterocycles. The molecule has 2 heteroatoms. The number of carbonyl (C=O) groups excluding carboxylic acids is 1. The summed E-state index contributed by atoms with van der Waals surface area (Å²) in [6.45, 7) is 3.85. The summed E-state index contributed by atoms with van der Waals surface area (Å²) in [6.07, 6.45) is 15.9. The van der Waals surface area contributed by atoms with Crippen molar-refractivity contribution in [3.05, 3.63) is 34.9 Å². The fraction of sp³-hybridized carbons (Fsp3) is 0.650. The topological polar surface area (TPSA) is 26.3 Å². The molecule has 1 fully saturated rings. The van der Waals surface area contributed by atoms with Gasteiger partial charge in [0.05, 0.1) is 0 Å². The van der Waals surface area contributed by atoms with Gasteiger partial charge < -0.3 is 4.74 Å². The highest BCUT2D eigenvalue weighted by atomic mass is 16.5. The minimum atomic E-state index is -0.134. The van der Waals surface area contributed by atoms with Crippen LogP contribution in [0.1, 0.15) is 58.8 Å². The number of carbonyl (C=O) groups is 1. The van der Waals surface area contributed by atoms with Gasteiger partial charge in [0.25, 0.3) is 0 Å². The molecule has 4 aliphatic carbocycles. The summed E-state index contributed by atoms with van der Waals surface area (Å²) < 4.78 is 5.65. The van der Waals surface area contributed by atoms with Crippen LogP contribution in [0.2, 0.25) is 0 Å². The SMILES string of the molecule is CC(=O)O[C@H]1CCC2[C@@H]3CCC4=CCCCC4=C3C=C[C@@]21C. The molecular weight excluding hydrogens is 272 g/mol. The monoisotopic (exact) mass is 298 g/mol. The first-order valence-electron chi connectivity index (χ1n) is 8.88. The van der Waals surface area contributed by atoms with Gasteiger partial charge in [0.2, 0.25) is 0 Å². The number of ether oxygens (including phenoxy) is 1. The van der Waals surface area contributed by atoms with Gasteiger partial charge in [-0.1, -0.05) is 25.2 Å². The normalized spacial score (nSPS) is 39.7. The molecule has 0 bridgehead atoms. The van der Waals surface area contributed by atoms with Crippen molar-refractivity contribution >= 4 is 5.97 Å². The first kappa shape index (κ1) is 14.3. The molecule has 0 aromatic heterocycles. The molecule has 1 unspecified atom stereocenters. The van der Waals surface area contributed by atoms with E-state index >= 15 is 0 Å². The van der Waals surface area contributed by atoms with E-state index in [1.165, 1.54) is 45.4 Å². The van der Waals surface area contributed by atoms with Crippen LogP contribution in [0.15, 0.2) is 34.9 Å². The molecule has 4 atom stereocenters. The Morgan fingerprint density at radius 2 is 2.14 bits per heavy atom. The van der Waals surface area contributed by atoms with Crippen molar-refractivity contribution in [3.8, 4) is 0 Å². The van der Waals surface area contributed by atoms with Crippen molar-refractivity contribution in [2.24, 2.45) is 17.3 Å². The lowest BCUT2D eigenvalue weighted by Crippen LogP contribution is -2.40. The maximum Gasteiger partial charge on any atom is 0.302 e. The molecule has 0 N–H and O–H groups in total. The number of fused-ring (bicyclic) bond motifs is 4. The van der Waals surface area contributed by atoms with Crippen molar-refractivity contribution in [2.45, 2.75) is 64.9 Å². The molecule has 118 valence electrons. The Kier molecular flexibility index (Phi) is 3.32. The fourth-order valence-corrected chi connectivity index (χ4v) is 5.47. The van der Waals surface area contributed by atoms with E-state index < -0.39 is 0 Å². The Morgan fingerprint density at radius 1 is 1.27 bits per heavy atom. The fourth-order valence-electron chi connectivity index (χ4n) is 5.47. The summed E-state index contributed by atoms with van der Waals surface area (Å²) >= 11 is 0. The van der Waals surface area contributed by atoms with Gasteiger partial charge in [-0.2, -0.15) is 0 Å². The summed E-state index contributed by atoms with van der Waals surface area (Å²) in [5.41, 5.74) is 4.93. The third-order valence-corrected chi connectivity index (χ3v) is 6.53. The van der Waals surface area contributed by atoms with Crippen molar-refractivity contribution < 1.29 is 9.53 Å². The minimum Gasteiger partial charge on any atom is -0.462 e. The lowest BCUT2D eigenvalue weighted by Gasteiger charge is -2.45. The van der Waals surface area contributed by atoms with Crippen LogP contribution in [-0.2, 0) is 9.53 Å². The first-order valence-corrected chi connectivity index (χ1v) is 8.88. The lowest BCUT2D eigenvalue weighted by molar-refractivity contribution is -0.150. The van der Waals surface area contributed by atoms with Gasteiger partial charge in [-0.3, -0.25) is 4.79 Å². The smallest absolute Gasteiger partial charge is 0.302 e. The highest BCUT2D eigenvalue weighted by Gasteiger charge is 2.52. The standard InChI is InChI=1S/C20H26O2/c1-13(21)22-19-10-9-18-17-8-7-14-5-3-4-6-15(14)16(17)11-12-20(18,19)2/h5,11-12,17-19H,3-4,6-10H2,1-2H3/t17-,18?,19+,20+/m1/s1. The largest absolute Gasteiger partial charge is 0.462 e.